The first-order chi connectivity index (χ1) is 9.06. The molecule has 0 heterocycles. The first-order valence-corrected chi connectivity index (χ1v) is 8.85. The van der Waals surface area contributed by atoms with E-state index in [-0.39, 0.29) is 11.0 Å². The summed E-state index contributed by atoms with van der Waals surface area (Å²) in [5.41, 5.74) is 6.01. The van der Waals surface area contributed by atoms with E-state index in [4.69, 9.17) is 5.73 Å². The van der Waals surface area contributed by atoms with Crippen LogP contribution in [-0.4, -0.2) is 11.0 Å². The minimum Gasteiger partial charge on any atom is -0.412 e. The lowest BCUT2D eigenvalue weighted by molar-refractivity contribution is 0.440. The predicted molar refractivity (Wildman–Crippen MR) is 92.2 cm³/mol. The molecule has 2 heteroatoms. The highest BCUT2D eigenvalue weighted by Gasteiger charge is 2.08. The Morgan fingerprint density at radius 3 is 1.20 bits per heavy atom. The molecule has 4 N–H and O–H groups in total. The van der Waals surface area contributed by atoms with Crippen LogP contribution in [0.4, 0.5) is 0 Å². The fourth-order valence-corrected chi connectivity index (χ4v) is 2.60. The van der Waals surface area contributed by atoms with Crippen molar-refractivity contribution in [1.29, 1.82) is 0 Å². The summed E-state index contributed by atoms with van der Waals surface area (Å²) in [6.07, 6.45) is 19.7. The molecule has 0 bridgehead atoms. The average molecular weight is 288 g/mol. The Morgan fingerprint density at radius 1 is 0.600 bits per heavy atom. The van der Waals surface area contributed by atoms with E-state index in [0.717, 1.165) is 0 Å². The lowest BCUT2D eigenvalue weighted by atomic mass is 9.97. The predicted octanol–water partition coefficient (Wildman–Crippen LogP) is 5.38. The van der Waals surface area contributed by atoms with E-state index in [1.165, 1.54) is 89.9 Å². The maximum absolute atomic E-state index is 5.97. The van der Waals surface area contributed by atoms with Crippen molar-refractivity contribution in [2.24, 2.45) is 5.73 Å². The Morgan fingerprint density at radius 2 is 0.900 bits per heavy atom. The van der Waals surface area contributed by atoms with Gasteiger partial charge in [-0.2, -0.15) is 0 Å². The molecule has 0 rings (SSSR count). The van der Waals surface area contributed by atoms with Crippen molar-refractivity contribution >= 4 is 0 Å². The summed E-state index contributed by atoms with van der Waals surface area (Å²) in [6, 6.07) is 0. The van der Waals surface area contributed by atoms with Crippen molar-refractivity contribution < 1.29 is 5.48 Å². The van der Waals surface area contributed by atoms with E-state index >= 15 is 0 Å². The van der Waals surface area contributed by atoms with Crippen molar-refractivity contribution in [1.82, 2.24) is 0 Å². The van der Waals surface area contributed by atoms with Gasteiger partial charge < -0.3 is 11.2 Å². The SMILES string of the molecule is CCCCCCCCCCCCCCCC(C)(C)N.O. The lowest BCUT2D eigenvalue weighted by Crippen LogP contribution is -2.31. The molecule has 0 aliphatic rings. The van der Waals surface area contributed by atoms with E-state index in [2.05, 4.69) is 20.8 Å². The third kappa shape index (κ3) is 20.2. The topological polar surface area (TPSA) is 57.5 Å². The van der Waals surface area contributed by atoms with E-state index in [9.17, 15) is 0 Å². The van der Waals surface area contributed by atoms with Crippen LogP contribution in [-0.2, 0) is 0 Å². The molecule has 0 saturated heterocycles. The quantitative estimate of drug-likeness (QED) is 0.428. The van der Waals surface area contributed by atoms with Crippen LogP contribution in [0.3, 0.4) is 0 Å². The van der Waals surface area contributed by atoms with Crippen LogP contribution >= 0.6 is 0 Å². The molecule has 0 spiro atoms. The van der Waals surface area contributed by atoms with E-state index < -0.39 is 0 Å². The van der Waals surface area contributed by atoms with Crippen LogP contribution < -0.4 is 5.73 Å². The van der Waals surface area contributed by atoms with Gasteiger partial charge in [-0.05, 0) is 20.3 Å². The monoisotopic (exact) mass is 287 g/mol. The molecule has 0 fully saturated rings. The number of hydrogen-bond donors (Lipinski definition) is 1. The molecular formula is C18H41NO. The van der Waals surface area contributed by atoms with Gasteiger partial charge in [-0.25, -0.2) is 0 Å². The Balaban J connectivity index is 0. The maximum Gasteiger partial charge on any atom is 0.00970 e. The molecular weight excluding hydrogens is 246 g/mol. The zero-order chi connectivity index (χ0) is 14.4. The van der Waals surface area contributed by atoms with Crippen molar-refractivity contribution in [3.8, 4) is 0 Å². The number of rotatable bonds is 14. The Hall–Kier alpha value is -0.0800. The van der Waals surface area contributed by atoms with Crippen molar-refractivity contribution in [2.45, 2.75) is 116 Å². The summed E-state index contributed by atoms with van der Waals surface area (Å²) in [7, 11) is 0. The summed E-state index contributed by atoms with van der Waals surface area (Å²) in [5.74, 6) is 0. The molecule has 0 aromatic heterocycles. The molecule has 0 aromatic rings. The van der Waals surface area contributed by atoms with Gasteiger partial charge in [0, 0.05) is 5.54 Å². The highest BCUT2D eigenvalue weighted by atomic mass is 16.0. The number of nitrogens with two attached hydrogens (primary N) is 1. The third-order valence-electron chi connectivity index (χ3n) is 3.92. The normalized spacial score (nSPS) is 11.4. The summed E-state index contributed by atoms with van der Waals surface area (Å²) < 4.78 is 0. The van der Waals surface area contributed by atoms with Gasteiger partial charge in [-0.15, -0.1) is 0 Å². The van der Waals surface area contributed by atoms with E-state index in [1.54, 1.807) is 0 Å². The second kappa shape index (κ2) is 15.3. The van der Waals surface area contributed by atoms with Gasteiger partial charge in [0.25, 0.3) is 0 Å². The van der Waals surface area contributed by atoms with Crippen LogP contribution in [0.1, 0.15) is 111 Å². The summed E-state index contributed by atoms with van der Waals surface area (Å²) in [4.78, 5) is 0. The summed E-state index contributed by atoms with van der Waals surface area (Å²) >= 11 is 0. The highest BCUT2D eigenvalue weighted by molar-refractivity contribution is 4.70. The van der Waals surface area contributed by atoms with Crippen LogP contribution in [0.15, 0.2) is 0 Å². The van der Waals surface area contributed by atoms with Gasteiger partial charge in [0.15, 0.2) is 0 Å². The summed E-state index contributed by atoms with van der Waals surface area (Å²) in [5, 5.41) is 0. The van der Waals surface area contributed by atoms with Gasteiger partial charge in [-0.3, -0.25) is 0 Å². The fraction of sp³-hybridized carbons (Fsp3) is 1.00. The molecule has 0 radical (unpaired) electrons. The first-order valence-electron chi connectivity index (χ1n) is 8.85. The fourth-order valence-electron chi connectivity index (χ4n) is 2.60. The van der Waals surface area contributed by atoms with Crippen molar-refractivity contribution in [3.05, 3.63) is 0 Å². The highest BCUT2D eigenvalue weighted by Crippen LogP contribution is 2.15. The van der Waals surface area contributed by atoms with Crippen molar-refractivity contribution in [2.75, 3.05) is 0 Å². The van der Waals surface area contributed by atoms with Crippen LogP contribution in [0.2, 0.25) is 0 Å². The molecule has 124 valence electrons. The molecule has 0 saturated carbocycles. The van der Waals surface area contributed by atoms with Gasteiger partial charge in [0.2, 0.25) is 0 Å². The van der Waals surface area contributed by atoms with Gasteiger partial charge in [-0.1, -0.05) is 90.4 Å². The second-order valence-corrected chi connectivity index (χ2v) is 6.98. The Labute approximate surface area is 128 Å². The Kier molecular flexibility index (Phi) is 17.0. The van der Waals surface area contributed by atoms with Gasteiger partial charge in [0.05, 0.1) is 0 Å². The standard InChI is InChI=1S/C18H39N.H2O/c1-4-5-6-7-8-9-10-11-12-13-14-15-16-17-18(2,3)19;/h4-17,19H2,1-3H3;1H2. The summed E-state index contributed by atoms with van der Waals surface area (Å²) in [6.45, 7) is 6.55. The molecule has 0 aliphatic carbocycles. The molecule has 0 unspecified atom stereocenters. The smallest absolute Gasteiger partial charge is 0.00970 e. The van der Waals surface area contributed by atoms with E-state index in [0.29, 0.717) is 0 Å². The molecule has 2 nitrogen and oxygen atoms in total. The minimum atomic E-state index is 0. The largest absolute Gasteiger partial charge is 0.412 e. The molecule has 20 heavy (non-hydrogen) atoms. The maximum atomic E-state index is 5.97. The van der Waals surface area contributed by atoms with Gasteiger partial charge in [0.1, 0.15) is 0 Å². The van der Waals surface area contributed by atoms with Crippen LogP contribution in [0.25, 0.3) is 0 Å². The minimum absolute atomic E-state index is 0. The molecule has 0 atom stereocenters. The van der Waals surface area contributed by atoms with Crippen LogP contribution in [0.5, 0.6) is 0 Å². The number of hydrogen-bond acceptors (Lipinski definition) is 1. The average Bonchev–Trinajstić information content (AvgIpc) is 2.34. The zero-order valence-electron chi connectivity index (χ0n) is 14.5. The Bertz CT molecular complexity index is 175. The molecule has 0 aromatic carbocycles. The van der Waals surface area contributed by atoms with Crippen LogP contribution in [0, 0.1) is 0 Å². The van der Waals surface area contributed by atoms with E-state index in [1.807, 2.05) is 0 Å². The lowest BCUT2D eigenvalue weighted by Gasteiger charge is -2.17. The molecule has 0 amide bonds. The second-order valence-electron chi connectivity index (χ2n) is 6.98. The van der Waals surface area contributed by atoms with Crippen molar-refractivity contribution in [3.63, 3.8) is 0 Å². The first kappa shape index (κ1) is 22.2. The third-order valence-corrected chi connectivity index (χ3v) is 3.92. The number of unbranched alkanes of at least 4 members (excludes halogenated alkanes) is 12. The molecule has 0 aliphatic heterocycles. The zero-order valence-corrected chi connectivity index (χ0v) is 14.5. The van der Waals surface area contributed by atoms with Gasteiger partial charge >= 0.3 is 0 Å².